The molecule has 0 amide bonds. The number of thiazole rings is 1. The van der Waals surface area contributed by atoms with E-state index in [1.54, 1.807) is 23.6 Å². The molecule has 0 atom stereocenters. The molecule has 0 spiro atoms. The summed E-state index contributed by atoms with van der Waals surface area (Å²) in [4.78, 5) is 4.21. The van der Waals surface area contributed by atoms with E-state index in [9.17, 15) is 0 Å². The Morgan fingerprint density at radius 3 is 2.78 bits per heavy atom. The molecule has 94 valence electrons. The average molecular weight is 283 g/mol. The van der Waals surface area contributed by atoms with Crippen LogP contribution in [0, 0.1) is 0 Å². The number of nitrogens with one attached hydrogen (secondary N) is 1. The number of ether oxygens (including phenoxy) is 2. The summed E-state index contributed by atoms with van der Waals surface area (Å²) in [5, 5.41) is 6.83. The van der Waals surface area contributed by atoms with Gasteiger partial charge in [0.05, 0.1) is 17.3 Å². The van der Waals surface area contributed by atoms with Crippen molar-refractivity contribution in [3.05, 3.63) is 33.7 Å². The zero-order chi connectivity index (χ0) is 12.4. The lowest BCUT2D eigenvalue weighted by molar-refractivity contribution is 0.171. The minimum absolute atomic E-state index is 0.565. The first kappa shape index (κ1) is 11.6. The molecule has 1 aliphatic rings. The molecule has 1 aliphatic heterocycles. The zero-order valence-corrected chi connectivity index (χ0v) is 11.1. The van der Waals surface area contributed by atoms with Gasteiger partial charge in [0.25, 0.3) is 0 Å². The Balaban J connectivity index is 1.79. The molecule has 18 heavy (non-hydrogen) atoms. The number of rotatable bonds is 3. The van der Waals surface area contributed by atoms with Crippen LogP contribution in [0.2, 0.25) is 5.02 Å². The standard InChI is InChI=1S/C12H11ClN2O2S/c13-8-5-10-11(17-3-2-16-10)6-9(8)15-7-12-14-1-4-18-12/h1,4-6,15H,2-3,7H2. The van der Waals surface area contributed by atoms with Crippen molar-refractivity contribution in [1.82, 2.24) is 4.98 Å². The molecule has 0 aliphatic carbocycles. The van der Waals surface area contributed by atoms with Crippen LogP contribution in [0.25, 0.3) is 0 Å². The monoisotopic (exact) mass is 282 g/mol. The van der Waals surface area contributed by atoms with Gasteiger partial charge >= 0.3 is 0 Å². The fraction of sp³-hybridized carbons (Fsp3) is 0.250. The van der Waals surface area contributed by atoms with Crippen molar-refractivity contribution in [1.29, 1.82) is 0 Å². The number of fused-ring (bicyclic) bond motifs is 1. The SMILES string of the molecule is Clc1cc2c(cc1NCc1nccs1)OCCO2. The van der Waals surface area contributed by atoms with Crippen LogP contribution in [0.15, 0.2) is 23.7 Å². The fourth-order valence-corrected chi connectivity index (χ4v) is 2.49. The quantitative estimate of drug-likeness (QED) is 0.939. The van der Waals surface area contributed by atoms with E-state index in [1.165, 1.54) is 0 Å². The number of hydrogen-bond acceptors (Lipinski definition) is 5. The predicted molar refractivity (Wildman–Crippen MR) is 71.9 cm³/mol. The highest BCUT2D eigenvalue weighted by molar-refractivity contribution is 7.09. The molecule has 2 aromatic rings. The highest BCUT2D eigenvalue weighted by atomic mass is 35.5. The molecule has 0 bridgehead atoms. The lowest BCUT2D eigenvalue weighted by Crippen LogP contribution is -2.15. The summed E-state index contributed by atoms with van der Waals surface area (Å²) in [5.41, 5.74) is 0.830. The van der Waals surface area contributed by atoms with E-state index < -0.39 is 0 Å². The highest BCUT2D eigenvalue weighted by Gasteiger charge is 2.15. The predicted octanol–water partition coefficient (Wildman–Crippen LogP) is 3.18. The van der Waals surface area contributed by atoms with Gasteiger partial charge in [-0.2, -0.15) is 0 Å². The maximum Gasteiger partial charge on any atom is 0.163 e. The Morgan fingerprint density at radius 2 is 2.06 bits per heavy atom. The van der Waals surface area contributed by atoms with E-state index in [0.29, 0.717) is 30.5 Å². The second-order valence-electron chi connectivity index (χ2n) is 3.76. The summed E-state index contributed by atoms with van der Waals surface area (Å²) in [5.74, 6) is 1.43. The summed E-state index contributed by atoms with van der Waals surface area (Å²) in [6.45, 7) is 1.78. The van der Waals surface area contributed by atoms with Crippen molar-refractivity contribution in [2.24, 2.45) is 0 Å². The van der Waals surface area contributed by atoms with E-state index in [4.69, 9.17) is 21.1 Å². The molecule has 1 aromatic heterocycles. The van der Waals surface area contributed by atoms with E-state index in [0.717, 1.165) is 16.4 Å². The first-order chi connectivity index (χ1) is 8.83. The Morgan fingerprint density at radius 1 is 1.28 bits per heavy atom. The van der Waals surface area contributed by atoms with Gasteiger partial charge in [0.1, 0.15) is 18.2 Å². The molecule has 2 heterocycles. The van der Waals surface area contributed by atoms with Gasteiger partial charge in [-0.05, 0) is 0 Å². The Bertz CT molecular complexity index is 545. The van der Waals surface area contributed by atoms with Gasteiger partial charge in [-0.15, -0.1) is 11.3 Å². The second-order valence-corrected chi connectivity index (χ2v) is 5.14. The smallest absolute Gasteiger partial charge is 0.163 e. The van der Waals surface area contributed by atoms with Crippen LogP contribution in [0.1, 0.15) is 5.01 Å². The summed E-state index contributed by atoms with van der Waals surface area (Å²) in [6.07, 6.45) is 1.78. The van der Waals surface area contributed by atoms with Gasteiger partial charge < -0.3 is 14.8 Å². The maximum absolute atomic E-state index is 6.19. The third-order valence-electron chi connectivity index (χ3n) is 2.55. The van der Waals surface area contributed by atoms with Crippen molar-refractivity contribution < 1.29 is 9.47 Å². The first-order valence-electron chi connectivity index (χ1n) is 5.54. The number of aromatic nitrogens is 1. The van der Waals surface area contributed by atoms with E-state index >= 15 is 0 Å². The Hall–Kier alpha value is -1.46. The molecule has 1 N–H and O–H groups in total. The summed E-state index contributed by atoms with van der Waals surface area (Å²) in [6, 6.07) is 3.64. The van der Waals surface area contributed by atoms with E-state index in [1.807, 2.05) is 11.4 Å². The van der Waals surface area contributed by atoms with Gasteiger partial charge in [0.15, 0.2) is 11.5 Å². The Labute approximate surface area is 114 Å². The lowest BCUT2D eigenvalue weighted by Gasteiger charge is -2.20. The second kappa shape index (κ2) is 5.04. The summed E-state index contributed by atoms with van der Waals surface area (Å²) in [7, 11) is 0. The van der Waals surface area contributed by atoms with Crippen molar-refractivity contribution in [3.63, 3.8) is 0 Å². The van der Waals surface area contributed by atoms with Crippen LogP contribution < -0.4 is 14.8 Å². The van der Waals surface area contributed by atoms with Gasteiger partial charge in [-0.25, -0.2) is 4.98 Å². The Kier molecular flexibility index (Phi) is 3.25. The van der Waals surface area contributed by atoms with Gasteiger partial charge in [0.2, 0.25) is 0 Å². The number of anilines is 1. The maximum atomic E-state index is 6.19. The molecule has 0 fully saturated rings. The molecule has 3 rings (SSSR count). The van der Waals surface area contributed by atoms with Gasteiger partial charge in [-0.1, -0.05) is 11.6 Å². The summed E-state index contributed by atoms with van der Waals surface area (Å²) >= 11 is 7.79. The van der Waals surface area contributed by atoms with Crippen molar-refractivity contribution in [3.8, 4) is 11.5 Å². The topological polar surface area (TPSA) is 43.4 Å². The molecule has 1 aromatic carbocycles. The number of benzene rings is 1. The fourth-order valence-electron chi connectivity index (χ4n) is 1.71. The van der Waals surface area contributed by atoms with E-state index in [2.05, 4.69) is 10.3 Å². The molecule has 0 saturated heterocycles. The molecule has 0 saturated carbocycles. The van der Waals surface area contributed by atoms with Crippen LogP contribution in [0.5, 0.6) is 11.5 Å². The third kappa shape index (κ3) is 2.37. The van der Waals surface area contributed by atoms with Crippen molar-refractivity contribution in [2.45, 2.75) is 6.54 Å². The lowest BCUT2D eigenvalue weighted by atomic mass is 10.2. The van der Waals surface area contributed by atoms with Crippen molar-refractivity contribution in [2.75, 3.05) is 18.5 Å². The first-order valence-corrected chi connectivity index (χ1v) is 6.80. The van der Waals surface area contributed by atoms with Gasteiger partial charge in [-0.3, -0.25) is 0 Å². The van der Waals surface area contributed by atoms with Crippen LogP contribution in [0.4, 0.5) is 5.69 Å². The molecular weight excluding hydrogens is 272 g/mol. The molecule has 0 radical (unpaired) electrons. The molecule has 4 nitrogen and oxygen atoms in total. The molecule has 0 unspecified atom stereocenters. The number of nitrogens with zero attached hydrogens (tertiary/aromatic N) is 1. The molecule has 6 heteroatoms. The van der Waals surface area contributed by atoms with Crippen LogP contribution in [-0.4, -0.2) is 18.2 Å². The average Bonchev–Trinajstić information content (AvgIpc) is 2.89. The van der Waals surface area contributed by atoms with Gasteiger partial charge in [0, 0.05) is 23.7 Å². The van der Waals surface area contributed by atoms with Crippen LogP contribution in [-0.2, 0) is 6.54 Å². The largest absolute Gasteiger partial charge is 0.486 e. The number of hydrogen-bond donors (Lipinski definition) is 1. The summed E-state index contributed by atoms with van der Waals surface area (Å²) < 4.78 is 11.0. The third-order valence-corrected chi connectivity index (χ3v) is 3.64. The van der Waals surface area contributed by atoms with E-state index in [-0.39, 0.29) is 0 Å². The zero-order valence-electron chi connectivity index (χ0n) is 9.48. The minimum Gasteiger partial charge on any atom is -0.486 e. The minimum atomic E-state index is 0.565. The normalized spacial score (nSPS) is 13.4. The number of halogens is 1. The van der Waals surface area contributed by atoms with Crippen molar-refractivity contribution >= 4 is 28.6 Å². The highest BCUT2D eigenvalue weighted by Crippen LogP contribution is 2.38. The molecular formula is C12H11ClN2O2S. The van der Waals surface area contributed by atoms with Crippen LogP contribution >= 0.6 is 22.9 Å². The van der Waals surface area contributed by atoms with Crippen LogP contribution in [0.3, 0.4) is 0 Å².